The van der Waals surface area contributed by atoms with Gasteiger partial charge in [-0.05, 0) is 19.1 Å². The lowest BCUT2D eigenvalue weighted by Crippen LogP contribution is -2.47. The molecule has 0 amide bonds. The van der Waals surface area contributed by atoms with E-state index in [1.807, 2.05) is 6.92 Å². The van der Waals surface area contributed by atoms with Crippen molar-refractivity contribution in [2.45, 2.75) is 17.9 Å². The Morgan fingerprint density at radius 2 is 2.00 bits per heavy atom. The number of morpholine rings is 1. The van der Waals surface area contributed by atoms with Gasteiger partial charge in [-0.15, -0.1) is 0 Å². The minimum absolute atomic E-state index is 0.0641. The normalized spacial score (nSPS) is 18.4. The van der Waals surface area contributed by atoms with Crippen LogP contribution in [0.25, 0.3) is 0 Å². The van der Waals surface area contributed by atoms with E-state index in [2.05, 4.69) is 9.62 Å². The first-order valence-electron chi connectivity index (χ1n) is 6.78. The zero-order chi connectivity index (χ0) is 16.3. The minimum Gasteiger partial charge on any atom is -0.379 e. The van der Waals surface area contributed by atoms with E-state index in [-0.39, 0.29) is 17.6 Å². The molecule has 1 unspecified atom stereocenters. The summed E-state index contributed by atoms with van der Waals surface area (Å²) in [6.07, 6.45) is 0. The Morgan fingerprint density at radius 3 is 2.64 bits per heavy atom. The zero-order valence-corrected chi connectivity index (χ0v) is 13.6. The van der Waals surface area contributed by atoms with Crippen LogP contribution in [0.3, 0.4) is 0 Å². The van der Waals surface area contributed by atoms with Crippen LogP contribution in [0.2, 0.25) is 5.02 Å². The van der Waals surface area contributed by atoms with Gasteiger partial charge in [0.25, 0.3) is 0 Å². The number of hydrogen-bond donors (Lipinski definition) is 1. The van der Waals surface area contributed by atoms with Crippen molar-refractivity contribution in [2.75, 3.05) is 32.8 Å². The van der Waals surface area contributed by atoms with E-state index in [9.17, 15) is 17.2 Å². The molecule has 1 saturated heterocycles. The van der Waals surface area contributed by atoms with E-state index in [0.29, 0.717) is 26.3 Å². The van der Waals surface area contributed by atoms with Gasteiger partial charge in [-0.1, -0.05) is 11.6 Å². The Morgan fingerprint density at radius 1 is 1.36 bits per heavy atom. The van der Waals surface area contributed by atoms with Gasteiger partial charge in [0, 0.05) is 25.7 Å². The van der Waals surface area contributed by atoms with Crippen LogP contribution in [0.1, 0.15) is 6.92 Å². The second-order valence-electron chi connectivity index (χ2n) is 5.02. The summed E-state index contributed by atoms with van der Waals surface area (Å²) in [4.78, 5) is 1.19. The SMILES string of the molecule is CC(CNS(=O)(=O)c1c(Cl)ccc(F)c1F)N1CCOCC1. The van der Waals surface area contributed by atoms with Gasteiger partial charge in [0.2, 0.25) is 10.0 Å². The predicted molar refractivity (Wildman–Crippen MR) is 78.4 cm³/mol. The van der Waals surface area contributed by atoms with Gasteiger partial charge in [0.05, 0.1) is 18.2 Å². The quantitative estimate of drug-likeness (QED) is 0.816. The van der Waals surface area contributed by atoms with Crippen LogP contribution in [-0.2, 0) is 14.8 Å². The largest absolute Gasteiger partial charge is 0.379 e. The summed E-state index contributed by atoms with van der Waals surface area (Å²) in [5.74, 6) is -2.73. The van der Waals surface area contributed by atoms with Crippen molar-refractivity contribution in [2.24, 2.45) is 0 Å². The molecule has 0 aliphatic carbocycles. The molecule has 124 valence electrons. The van der Waals surface area contributed by atoms with Crippen molar-refractivity contribution in [3.8, 4) is 0 Å². The Kier molecular flexibility index (Phi) is 5.73. The maximum atomic E-state index is 13.7. The van der Waals surface area contributed by atoms with Gasteiger partial charge in [-0.3, -0.25) is 4.90 Å². The molecule has 1 aliphatic rings. The molecule has 0 saturated carbocycles. The average Bonchev–Trinajstić information content (AvgIpc) is 2.50. The lowest BCUT2D eigenvalue weighted by molar-refractivity contribution is 0.0213. The molecule has 1 fully saturated rings. The number of rotatable bonds is 5. The number of halogens is 3. The van der Waals surface area contributed by atoms with Crippen molar-refractivity contribution >= 4 is 21.6 Å². The summed E-state index contributed by atoms with van der Waals surface area (Å²) in [5.41, 5.74) is 0. The highest BCUT2D eigenvalue weighted by Crippen LogP contribution is 2.26. The van der Waals surface area contributed by atoms with Crippen LogP contribution < -0.4 is 4.72 Å². The van der Waals surface area contributed by atoms with E-state index < -0.39 is 26.6 Å². The van der Waals surface area contributed by atoms with Crippen LogP contribution in [0.4, 0.5) is 8.78 Å². The predicted octanol–water partition coefficient (Wildman–Crippen LogP) is 1.62. The summed E-state index contributed by atoms with van der Waals surface area (Å²) in [6, 6.07) is 1.70. The van der Waals surface area contributed by atoms with E-state index >= 15 is 0 Å². The lowest BCUT2D eigenvalue weighted by Gasteiger charge is -2.32. The highest BCUT2D eigenvalue weighted by molar-refractivity contribution is 7.89. The van der Waals surface area contributed by atoms with E-state index in [4.69, 9.17) is 16.3 Å². The third-order valence-electron chi connectivity index (χ3n) is 3.51. The number of ether oxygens (including phenoxy) is 1. The zero-order valence-electron chi connectivity index (χ0n) is 12.0. The van der Waals surface area contributed by atoms with E-state index in [0.717, 1.165) is 12.1 Å². The maximum absolute atomic E-state index is 13.7. The maximum Gasteiger partial charge on any atom is 0.245 e. The Balaban J connectivity index is 2.10. The second-order valence-corrected chi connectivity index (χ2v) is 7.13. The molecule has 1 heterocycles. The number of nitrogens with one attached hydrogen (secondary N) is 1. The first-order valence-corrected chi connectivity index (χ1v) is 8.64. The lowest BCUT2D eigenvalue weighted by atomic mass is 10.2. The van der Waals surface area contributed by atoms with Gasteiger partial charge in [0.15, 0.2) is 11.6 Å². The molecule has 0 spiro atoms. The van der Waals surface area contributed by atoms with Crippen LogP contribution in [-0.4, -0.2) is 52.2 Å². The Bertz CT molecular complexity index is 636. The average molecular weight is 355 g/mol. The van der Waals surface area contributed by atoms with Gasteiger partial charge in [0.1, 0.15) is 4.90 Å². The highest BCUT2D eigenvalue weighted by atomic mass is 35.5. The van der Waals surface area contributed by atoms with Crippen LogP contribution >= 0.6 is 11.6 Å². The molecule has 9 heteroatoms. The summed E-state index contributed by atoms with van der Waals surface area (Å²) in [6.45, 7) is 4.46. The minimum atomic E-state index is -4.23. The van der Waals surface area contributed by atoms with Gasteiger partial charge >= 0.3 is 0 Å². The molecule has 1 aliphatic heterocycles. The first-order chi connectivity index (χ1) is 10.3. The molecule has 0 bridgehead atoms. The van der Waals surface area contributed by atoms with Crippen LogP contribution in [0.15, 0.2) is 17.0 Å². The molecule has 5 nitrogen and oxygen atoms in total. The van der Waals surface area contributed by atoms with Crippen molar-refractivity contribution in [1.29, 1.82) is 0 Å². The fourth-order valence-electron chi connectivity index (χ4n) is 2.20. The van der Waals surface area contributed by atoms with Gasteiger partial charge < -0.3 is 4.74 Å². The van der Waals surface area contributed by atoms with Gasteiger partial charge in [-0.25, -0.2) is 21.9 Å². The highest BCUT2D eigenvalue weighted by Gasteiger charge is 2.27. The van der Waals surface area contributed by atoms with Crippen molar-refractivity contribution < 1.29 is 21.9 Å². The van der Waals surface area contributed by atoms with Crippen LogP contribution in [0.5, 0.6) is 0 Å². The van der Waals surface area contributed by atoms with Gasteiger partial charge in [-0.2, -0.15) is 0 Å². The molecular weight excluding hydrogens is 338 g/mol. The fourth-order valence-corrected chi connectivity index (χ4v) is 3.92. The second kappa shape index (κ2) is 7.18. The smallest absolute Gasteiger partial charge is 0.245 e. The molecule has 1 N–H and O–H groups in total. The van der Waals surface area contributed by atoms with Crippen molar-refractivity contribution in [1.82, 2.24) is 9.62 Å². The number of nitrogens with zero attached hydrogens (tertiary/aromatic N) is 1. The van der Waals surface area contributed by atoms with Crippen LogP contribution in [0, 0.1) is 11.6 Å². The standard InChI is InChI=1S/C13H17ClF2N2O3S/c1-9(18-4-6-21-7-5-18)8-17-22(19,20)13-10(14)2-3-11(15)12(13)16/h2-3,9,17H,4-8H2,1H3. The van der Waals surface area contributed by atoms with E-state index in [1.165, 1.54) is 0 Å². The monoisotopic (exact) mass is 354 g/mol. The summed E-state index contributed by atoms with van der Waals surface area (Å²) in [7, 11) is -4.23. The summed E-state index contributed by atoms with van der Waals surface area (Å²) >= 11 is 5.70. The van der Waals surface area contributed by atoms with Crippen molar-refractivity contribution in [3.05, 3.63) is 28.8 Å². The number of benzene rings is 1. The topological polar surface area (TPSA) is 58.6 Å². The molecular formula is C13H17ClF2N2O3S. The molecule has 1 aromatic carbocycles. The third-order valence-corrected chi connectivity index (χ3v) is 5.42. The number of hydrogen-bond acceptors (Lipinski definition) is 4. The summed E-state index contributed by atoms with van der Waals surface area (Å²) < 4.78 is 58.8. The molecule has 0 aromatic heterocycles. The molecule has 22 heavy (non-hydrogen) atoms. The third kappa shape index (κ3) is 3.94. The Hall–Kier alpha value is -0.800. The molecule has 1 aromatic rings. The van der Waals surface area contributed by atoms with E-state index in [1.54, 1.807) is 0 Å². The summed E-state index contributed by atoms with van der Waals surface area (Å²) in [5, 5.41) is -0.356. The molecule has 1 atom stereocenters. The van der Waals surface area contributed by atoms with Crippen molar-refractivity contribution in [3.63, 3.8) is 0 Å². The number of sulfonamides is 1. The Labute approximate surface area is 133 Å². The molecule has 0 radical (unpaired) electrons. The first kappa shape index (κ1) is 17.6. The fraction of sp³-hybridized carbons (Fsp3) is 0.538. The molecule has 2 rings (SSSR count).